The highest BCUT2D eigenvalue weighted by Gasteiger charge is 2.09. The van der Waals surface area contributed by atoms with Gasteiger partial charge in [-0.15, -0.1) is 6.58 Å². The Hall–Kier alpha value is -3.45. The first kappa shape index (κ1) is 18.3. The highest BCUT2D eigenvalue weighted by Crippen LogP contribution is 2.20. The van der Waals surface area contributed by atoms with E-state index in [1.54, 1.807) is 6.08 Å². The van der Waals surface area contributed by atoms with Crippen LogP contribution in [0.15, 0.2) is 77.0 Å². The molecule has 0 bridgehead atoms. The first-order chi connectivity index (χ1) is 13.1. The average molecular weight is 378 g/mol. The van der Waals surface area contributed by atoms with E-state index in [0.29, 0.717) is 5.69 Å². The maximum Gasteiger partial charge on any atom is 0.264 e. The fourth-order valence-corrected chi connectivity index (χ4v) is 2.70. The minimum atomic E-state index is -0.496. The quantitative estimate of drug-likeness (QED) is 0.339. The van der Waals surface area contributed by atoms with Gasteiger partial charge in [0.15, 0.2) is 4.77 Å². The van der Waals surface area contributed by atoms with Crippen LogP contribution >= 0.6 is 12.2 Å². The van der Waals surface area contributed by atoms with Crippen molar-refractivity contribution in [3.63, 3.8) is 0 Å². The molecule has 0 aliphatic carbocycles. The van der Waals surface area contributed by atoms with E-state index in [2.05, 4.69) is 21.9 Å². The molecule has 27 heavy (non-hydrogen) atoms. The number of para-hydroxylation sites is 1. The van der Waals surface area contributed by atoms with E-state index in [0.717, 1.165) is 11.4 Å². The van der Waals surface area contributed by atoms with Crippen LogP contribution in [0.25, 0.3) is 0 Å². The lowest BCUT2D eigenvalue weighted by atomic mass is 10.2. The summed E-state index contributed by atoms with van der Waals surface area (Å²) >= 11 is 5.05. The highest BCUT2D eigenvalue weighted by atomic mass is 32.1. The van der Waals surface area contributed by atoms with Crippen LogP contribution in [0.2, 0.25) is 0 Å². The molecule has 0 unspecified atom stereocenters. The van der Waals surface area contributed by atoms with Crippen LogP contribution in [0.4, 0.5) is 17.1 Å². The zero-order chi connectivity index (χ0) is 19.2. The Morgan fingerprint density at radius 1 is 1.15 bits per heavy atom. The van der Waals surface area contributed by atoms with Crippen molar-refractivity contribution in [3.8, 4) is 5.88 Å². The smallest absolute Gasteiger partial charge is 0.264 e. The Kier molecular flexibility index (Phi) is 5.63. The van der Waals surface area contributed by atoms with Gasteiger partial charge in [0.2, 0.25) is 5.88 Å². The molecule has 0 saturated carbocycles. The third-order valence-corrected chi connectivity index (χ3v) is 4.11. The second kappa shape index (κ2) is 8.29. The summed E-state index contributed by atoms with van der Waals surface area (Å²) in [5, 5.41) is 13.6. The Morgan fingerprint density at radius 3 is 2.48 bits per heavy atom. The zero-order valence-corrected chi connectivity index (χ0v) is 15.2. The minimum Gasteiger partial charge on any atom is -0.494 e. The summed E-state index contributed by atoms with van der Waals surface area (Å²) in [5.74, 6) is -0.241. The van der Waals surface area contributed by atoms with Gasteiger partial charge in [0.25, 0.3) is 5.56 Å². The number of aromatic nitrogens is 2. The lowest BCUT2D eigenvalue weighted by Gasteiger charge is -2.08. The van der Waals surface area contributed by atoms with Crippen molar-refractivity contribution in [2.24, 2.45) is 4.99 Å². The largest absolute Gasteiger partial charge is 0.494 e. The third-order valence-electron chi connectivity index (χ3n) is 3.79. The molecule has 0 aliphatic rings. The molecule has 6 nitrogen and oxygen atoms in total. The summed E-state index contributed by atoms with van der Waals surface area (Å²) < 4.78 is 1.50. The molecular formula is C20H18N4O2S. The molecule has 3 rings (SSSR count). The Balaban J connectivity index is 1.82. The zero-order valence-electron chi connectivity index (χ0n) is 14.4. The number of H-pyrrole nitrogens is 1. The van der Waals surface area contributed by atoms with Crippen LogP contribution in [0.1, 0.15) is 5.56 Å². The van der Waals surface area contributed by atoms with E-state index in [4.69, 9.17) is 12.2 Å². The number of nitrogens with zero attached hydrogens (tertiary/aromatic N) is 2. The predicted octanol–water partition coefficient (Wildman–Crippen LogP) is 4.29. The number of nitrogens with one attached hydrogen (secondary N) is 2. The average Bonchev–Trinajstić information content (AvgIpc) is 2.67. The van der Waals surface area contributed by atoms with Crippen LogP contribution in [0.5, 0.6) is 5.88 Å². The fourth-order valence-electron chi connectivity index (χ4n) is 2.45. The van der Waals surface area contributed by atoms with Gasteiger partial charge in [-0.1, -0.05) is 24.3 Å². The number of anilines is 2. The minimum absolute atomic E-state index is 0.0388. The van der Waals surface area contributed by atoms with Crippen molar-refractivity contribution < 1.29 is 5.11 Å². The van der Waals surface area contributed by atoms with Gasteiger partial charge in [0, 0.05) is 24.1 Å². The summed E-state index contributed by atoms with van der Waals surface area (Å²) in [6.45, 7) is 3.89. The molecule has 2 aromatic carbocycles. The number of rotatable bonds is 6. The van der Waals surface area contributed by atoms with Crippen LogP contribution in [0.3, 0.4) is 0 Å². The van der Waals surface area contributed by atoms with Crippen molar-refractivity contribution in [2.75, 3.05) is 5.32 Å². The molecule has 1 aromatic heterocycles. The highest BCUT2D eigenvalue weighted by molar-refractivity contribution is 7.71. The lowest BCUT2D eigenvalue weighted by molar-refractivity contribution is 0.413. The second-order valence-electron chi connectivity index (χ2n) is 5.69. The van der Waals surface area contributed by atoms with Crippen molar-refractivity contribution in [3.05, 3.63) is 87.9 Å². The van der Waals surface area contributed by atoms with Crippen molar-refractivity contribution >= 4 is 35.5 Å². The second-order valence-corrected chi connectivity index (χ2v) is 6.08. The Morgan fingerprint density at radius 2 is 1.81 bits per heavy atom. The number of aromatic hydroxyl groups is 1. The summed E-state index contributed by atoms with van der Waals surface area (Å²) in [6.07, 6.45) is 2.90. The van der Waals surface area contributed by atoms with Gasteiger partial charge in [-0.05, 0) is 48.6 Å². The standard InChI is InChI=1S/C20H18N4O2S/c1-2-12-24-19(26)17(18(25)23-20(24)27)13-21-14-8-10-16(11-9-14)22-15-6-4-3-5-7-15/h2-11,13,22,26H,1,12H2,(H,23,25,27). The molecule has 0 atom stereocenters. The molecule has 0 saturated heterocycles. The molecule has 3 N–H and O–H groups in total. The molecule has 0 radical (unpaired) electrons. The Bertz CT molecular complexity index is 1080. The number of hydrogen-bond acceptors (Lipinski definition) is 5. The molecule has 3 aromatic rings. The van der Waals surface area contributed by atoms with Crippen LogP contribution in [0, 0.1) is 4.77 Å². The van der Waals surface area contributed by atoms with Crippen molar-refractivity contribution in [1.82, 2.24) is 9.55 Å². The van der Waals surface area contributed by atoms with Gasteiger partial charge in [0.1, 0.15) is 5.56 Å². The normalized spacial score (nSPS) is 10.8. The van der Waals surface area contributed by atoms with Crippen LogP contribution in [-0.2, 0) is 6.54 Å². The molecule has 0 amide bonds. The van der Waals surface area contributed by atoms with Gasteiger partial charge in [0.05, 0.1) is 5.69 Å². The summed E-state index contributed by atoms with van der Waals surface area (Å²) in [5.41, 5.74) is 2.09. The SMILES string of the molecule is C=CCn1c(O)c(C=Nc2ccc(Nc3ccccc3)cc2)c(=O)[nH]c1=S. The number of aromatic amines is 1. The van der Waals surface area contributed by atoms with Gasteiger partial charge < -0.3 is 10.4 Å². The fraction of sp³-hybridized carbons (Fsp3) is 0.0500. The Labute approximate surface area is 161 Å². The van der Waals surface area contributed by atoms with Gasteiger partial charge in [-0.2, -0.15) is 0 Å². The van der Waals surface area contributed by atoms with Crippen molar-refractivity contribution in [1.29, 1.82) is 0 Å². The monoisotopic (exact) mass is 378 g/mol. The molecule has 0 spiro atoms. The van der Waals surface area contributed by atoms with Crippen molar-refractivity contribution in [2.45, 2.75) is 6.54 Å². The summed E-state index contributed by atoms with van der Waals surface area (Å²) in [7, 11) is 0. The van der Waals surface area contributed by atoms with E-state index >= 15 is 0 Å². The van der Waals surface area contributed by atoms with Crippen LogP contribution < -0.4 is 10.9 Å². The van der Waals surface area contributed by atoms with Gasteiger partial charge >= 0.3 is 0 Å². The predicted molar refractivity (Wildman–Crippen MR) is 111 cm³/mol. The van der Waals surface area contributed by atoms with E-state index in [9.17, 15) is 9.90 Å². The summed E-state index contributed by atoms with van der Waals surface area (Å²) in [4.78, 5) is 18.9. The maximum atomic E-state index is 12.1. The van der Waals surface area contributed by atoms with Crippen LogP contribution in [-0.4, -0.2) is 20.9 Å². The molecule has 136 valence electrons. The molecule has 1 heterocycles. The topological polar surface area (TPSA) is 82.4 Å². The number of benzene rings is 2. The third kappa shape index (κ3) is 4.39. The van der Waals surface area contributed by atoms with Gasteiger partial charge in [-0.3, -0.25) is 19.3 Å². The maximum absolute atomic E-state index is 12.1. The molecule has 7 heteroatoms. The molecule has 0 fully saturated rings. The van der Waals surface area contributed by atoms with E-state index in [1.807, 2.05) is 54.6 Å². The van der Waals surface area contributed by atoms with E-state index < -0.39 is 5.56 Å². The molecular weight excluding hydrogens is 360 g/mol. The van der Waals surface area contributed by atoms with E-state index in [-0.39, 0.29) is 22.8 Å². The van der Waals surface area contributed by atoms with E-state index in [1.165, 1.54) is 10.8 Å². The first-order valence-corrected chi connectivity index (χ1v) is 8.62. The number of aliphatic imine (C=N–C) groups is 1. The number of hydrogen-bond donors (Lipinski definition) is 3. The van der Waals surface area contributed by atoms with Gasteiger partial charge in [-0.25, -0.2) is 0 Å². The lowest BCUT2D eigenvalue weighted by Crippen LogP contribution is -2.18. The summed E-state index contributed by atoms with van der Waals surface area (Å²) in [6, 6.07) is 17.2. The number of allylic oxidation sites excluding steroid dienone is 1. The molecule has 0 aliphatic heterocycles. The first-order valence-electron chi connectivity index (χ1n) is 8.21.